The van der Waals surface area contributed by atoms with Gasteiger partial charge in [0.1, 0.15) is 0 Å². The van der Waals surface area contributed by atoms with Gasteiger partial charge in [0.2, 0.25) is 0 Å². The van der Waals surface area contributed by atoms with Gasteiger partial charge in [-0.05, 0) is 54.7 Å². The molecule has 1 aliphatic carbocycles. The van der Waals surface area contributed by atoms with Gasteiger partial charge in [0, 0.05) is 22.6 Å². The molecule has 0 heterocycles. The number of aryl methyl sites for hydroxylation is 2. The van der Waals surface area contributed by atoms with Gasteiger partial charge in [0.05, 0.1) is 0 Å². The summed E-state index contributed by atoms with van der Waals surface area (Å²) in [6.07, 6.45) is 1.21. The minimum Gasteiger partial charge on any atom is -0.384 e. The summed E-state index contributed by atoms with van der Waals surface area (Å²) in [7, 11) is 0. The third kappa shape index (κ3) is 2.42. The average Bonchev–Trinajstić information content (AvgIpc) is 2.37. The van der Waals surface area contributed by atoms with E-state index in [1.807, 2.05) is 0 Å². The van der Waals surface area contributed by atoms with Gasteiger partial charge >= 0.3 is 0 Å². The summed E-state index contributed by atoms with van der Waals surface area (Å²) in [6, 6.07) is 13.2. The quantitative estimate of drug-likeness (QED) is 0.856. The second-order valence-electron chi connectivity index (χ2n) is 5.40. The lowest BCUT2D eigenvalue weighted by molar-refractivity contribution is 0.636. The van der Waals surface area contributed by atoms with E-state index in [9.17, 15) is 0 Å². The Kier molecular flexibility index (Phi) is 3.36. The summed E-state index contributed by atoms with van der Waals surface area (Å²) >= 11 is 3.61. The smallest absolute Gasteiger partial charge is 0.0346 e. The fraction of sp³-hybridized carbons (Fsp3) is 0.294. The van der Waals surface area contributed by atoms with Crippen LogP contribution in [-0.2, 0) is 6.42 Å². The maximum atomic E-state index is 3.61. The Morgan fingerprint density at radius 1 is 1.16 bits per heavy atom. The molecule has 0 fully saturated rings. The van der Waals surface area contributed by atoms with Gasteiger partial charge in [-0.1, -0.05) is 40.2 Å². The highest BCUT2D eigenvalue weighted by Gasteiger charge is 2.24. The number of hydrogen-bond donors (Lipinski definition) is 1. The number of fused-ring (bicyclic) bond motifs is 1. The summed E-state index contributed by atoms with van der Waals surface area (Å²) in [5.41, 5.74) is 6.83. The van der Waals surface area contributed by atoms with Crippen molar-refractivity contribution >= 4 is 21.6 Å². The SMILES string of the molecule is Cc1cc(NCC2Cc3ccccc32)cc(C)c1Br. The molecule has 0 saturated carbocycles. The highest BCUT2D eigenvalue weighted by Crippen LogP contribution is 2.35. The Morgan fingerprint density at radius 2 is 1.84 bits per heavy atom. The van der Waals surface area contributed by atoms with Gasteiger partial charge in [0.25, 0.3) is 0 Å². The van der Waals surface area contributed by atoms with Crippen LogP contribution in [0.1, 0.15) is 28.2 Å². The van der Waals surface area contributed by atoms with Gasteiger partial charge in [-0.2, -0.15) is 0 Å². The first-order valence-electron chi connectivity index (χ1n) is 6.73. The van der Waals surface area contributed by atoms with Crippen molar-refractivity contribution in [2.75, 3.05) is 11.9 Å². The zero-order chi connectivity index (χ0) is 13.4. The molecule has 3 rings (SSSR count). The lowest BCUT2D eigenvalue weighted by Crippen LogP contribution is -2.24. The second-order valence-corrected chi connectivity index (χ2v) is 6.20. The van der Waals surface area contributed by atoms with E-state index in [4.69, 9.17) is 0 Å². The molecule has 2 aromatic carbocycles. The predicted octanol–water partition coefficient (Wildman–Crippen LogP) is 4.82. The molecule has 1 nitrogen and oxygen atoms in total. The Morgan fingerprint density at radius 3 is 2.53 bits per heavy atom. The first kappa shape index (κ1) is 12.7. The normalized spacial score (nSPS) is 16.7. The predicted molar refractivity (Wildman–Crippen MR) is 85.0 cm³/mol. The van der Waals surface area contributed by atoms with Crippen molar-refractivity contribution in [2.45, 2.75) is 26.2 Å². The summed E-state index contributed by atoms with van der Waals surface area (Å²) in [5, 5.41) is 3.58. The number of rotatable bonds is 3. The fourth-order valence-electron chi connectivity index (χ4n) is 2.83. The molecule has 98 valence electrons. The second kappa shape index (κ2) is 5.01. The van der Waals surface area contributed by atoms with Crippen LogP contribution in [0, 0.1) is 13.8 Å². The first-order chi connectivity index (χ1) is 9.15. The molecule has 0 aromatic heterocycles. The largest absolute Gasteiger partial charge is 0.384 e. The van der Waals surface area contributed by atoms with Crippen LogP contribution in [0.25, 0.3) is 0 Å². The maximum absolute atomic E-state index is 3.61. The summed E-state index contributed by atoms with van der Waals surface area (Å²) in [5.74, 6) is 0.667. The molecule has 0 bridgehead atoms. The number of hydrogen-bond acceptors (Lipinski definition) is 1. The monoisotopic (exact) mass is 315 g/mol. The van der Waals surface area contributed by atoms with Crippen LogP contribution >= 0.6 is 15.9 Å². The van der Waals surface area contributed by atoms with Crippen LogP contribution in [0.15, 0.2) is 40.9 Å². The van der Waals surface area contributed by atoms with Gasteiger partial charge in [-0.15, -0.1) is 0 Å². The van der Waals surface area contributed by atoms with E-state index in [0.29, 0.717) is 5.92 Å². The molecule has 0 spiro atoms. The number of benzene rings is 2. The Balaban J connectivity index is 1.68. The molecule has 0 amide bonds. The van der Waals surface area contributed by atoms with Crippen molar-refractivity contribution in [3.63, 3.8) is 0 Å². The third-order valence-electron chi connectivity index (χ3n) is 3.95. The van der Waals surface area contributed by atoms with E-state index in [0.717, 1.165) is 6.54 Å². The molecule has 0 radical (unpaired) electrons. The zero-order valence-electron chi connectivity index (χ0n) is 11.3. The minimum atomic E-state index is 0.667. The van der Waals surface area contributed by atoms with E-state index >= 15 is 0 Å². The Bertz CT molecular complexity index is 595. The van der Waals surface area contributed by atoms with E-state index < -0.39 is 0 Å². The lowest BCUT2D eigenvalue weighted by atomic mass is 9.77. The van der Waals surface area contributed by atoms with E-state index in [2.05, 4.69) is 71.5 Å². The summed E-state index contributed by atoms with van der Waals surface area (Å²) < 4.78 is 1.21. The standard InChI is InChI=1S/C17H18BrN/c1-11-7-15(8-12(2)17(11)18)19-10-14-9-13-5-3-4-6-16(13)14/h3-8,14,19H,9-10H2,1-2H3. The van der Waals surface area contributed by atoms with Gasteiger partial charge in [-0.25, -0.2) is 0 Å². The van der Waals surface area contributed by atoms with Crippen LogP contribution in [0.5, 0.6) is 0 Å². The van der Waals surface area contributed by atoms with Crippen LogP contribution in [0.3, 0.4) is 0 Å². The number of nitrogens with one attached hydrogen (secondary N) is 1. The minimum absolute atomic E-state index is 0.667. The van der Waals surface area contributed by atoms with E-state index in [-0.39, 0.29) is 0 Å². The summed E-state index contributed by atoms with van der Waals surface area (Å²) in [6.45, 7) is 5.30. The molecule has 19 heavy (non-hydrogen) atoms. The van der Waals surface area contributed by atoms with Crippen molar-refractivity contribution in [1.82, 2.24) is 0 Å². The number of halogens is 1. The van der Waals surface area contributed by atoms with Crippen molar-refractivity contribution in [3.05, 3.63) is 63.1 Å². The van der Waals surface area contributed by atoms with Gasteiger partial charge in [0.15, 0.2) is 0 Å². The van der Waals surface area contributed by atoms with Crippen LogP contribution in [-0.4, -0.2) is 6.54 Å². The van der Waals surface area contributed by atoms with Crippen LogP contribution in [0.2, 0.25) is 0 Å². The van der Waals surface area contributed by atoms with Crippen molar-refractivity contribution in [1.29, 1.82) is 0 Å². The van der Waals surface area contributed by atoms with Crippen molar-refractivity contribution < 1.29 is 0 Å². The maximum Gasteiger partial charge on any atom is 0.0346 e. The molecule has 2 heteroatoms. The van der Waals surface area contributed by atoms with E-state index in [1.165, 1.54) is 38.8 Å². The molecular weight excluding hydrogens is 298 g/mol. The molecule has 2 aromatic rings. The number of anilines is 1. The lowest BCUT2D eigenvalue weighted by Gasteiger charge is -2.30. The molecule has 1 atom stereocenters. The molecule has 0 saturated heterocycles. The van der Waals surface area contributed by atoms with Crippen LogP contribution < -0.4 is 5.32 Å². The van der Waals surface area contributed by atoms with E-state index in [1.54, 1.807) is 0 Å². The molecule has 1 N–H and O–H groups in total. The van der Waals surface area contributed by atoms with Gasteiger partial charge < -0.3 is 5.32 Å². The molecule has 0 aliphatic heterocycles. The Hall–Kier alpha value is -1.28. The molecule has 1 unspecified atom stereocenters. The molecular formula is C17H18BrN. The van der Waals surface area contributed by atoms with Gasteiger partial charge in [-0.3, -0.25) is 0 Å². The topological polar surface area (TPSA) is 12.0 Å². The Labute approximate surface area is 123 Å². The molecule has 1 aliphatic rings. The highest BCUT2D eigenvalue weighted by atomic mass is 79.9. The van der Waals surface area contributed by atoms with Crippen molar-refractivity contribution in [2.24, 2.45) is 0 Å². The van der Waals surface area contributed by atoms with Crippen LogP contribution in [0.4, 0.5) is 5.69 Å². The zero-order valence-corrected chi connectivity index (χ0v) is 12.9. The fourth-order valence-corrected chi connectivity index (χ4v) is 3.06. The first-order valence-corrected chi connectivity index (χ1v) is 7.53. The average molecular weight is 316 g/mol. The highest BCUT2D eigenvalue weighted by molar-refractivity contribution is 9.10. The summed E-state index contributed by atoms with van der Waals surface area (Å²) in [4.78, 5) is 0. The third-order valence-corrected chi connectivity index (χ3v) is 5.20. The van der Waals surface area contributed by atoms with Crippen molar-refractivity contribution in [3.8, 4) is 0 Å².